The number of carboxylic acids is 1. The molecule has 0 saturated heterocycles. The average molecular weight is 391 g/mol. The predicted octanol–water partition coefficient (Wildman–Crippen LogP) is 4.32. The zero-order valence-corrected chi connectivity index (χ0v) is 16.0. The molecule has 2 aromatic heterocycles. The number of furan rings is 1. The van der Waals surface area contributed by atoms with E-state index in [1.807, 2.05) is 0 Å². The minimum absolute atomic E-state index is 0.183. The van der Waals surface area contributed by atoms with Crippen LogP contribution < -0.4 is 0 Å². The van der Waals surface area contributed by atoms with E-state index in [1.54, 1.807) is 42.6 Å². The molecule has 0 aliphatic carbocycles. The molecule has 0 radical (unpaired) electrons. The molecule has 0 atom stereocenters. The van der Waals surface area contributed by atoms with Crippen LogP contribution in [0.4, 0.5) is 5.00 Å². The molecule has 0 unspecified atom stereocenters. The number of hydrogen-bond acceptors (Lipinski definition) is 6. The summed E-state index contributed by atoms with van der Waals surface area (Å²) >= 11 is 1.54. The van der Waals surface area contributed by atoms with Gasteiger partial charge in [-0.15, -0.1) is 11.3 Å². The standard InChI is InChI=1S/C21H17N3O3S/c1-24-9-8-15-17(10-22)20(28-19(15)12-24)23-11-13-6-7-18(27-13)14-4-2-3-5-16(14)21(25)26/h2-7,11H,8-9,12H2,1H3,(H,25,26). The molecule has 1 aliphatic rings. The smallest absolute Gasteiger partial charge is 0.336 e. The summed E-state index contributed by atoms with van der Waals surface area (Å²) in [7, 11) is 2.07. The second-order valence-corrected chi connectivity index (χ2v) is 7.68. The largest absolute Gasteiger partial charge is 0.478 e. The molecule has 6 nitrogen and oxygen atoms in total. The molecule has 0 amide bonds. The molecule has 7 heteroatoms. The molecular formula is C21H17N3O3S. The summed E-state index contributed by atoms with van der Waals surface area (Å²) in [5, 5.41) is 19.6. The van der Waals surface area contributed by atoms with Crippen molar-refractivity contribution in [2.24, 2.45) is 4.99 Å². The number of likely N-dealkylation sites (N-methyl/N-ethyl adjacent to an activating group) is 1. The number of aromatic carboxylic acids is 1. The van der Waals surface area contributed by atoms with Crippen molar-refractivity contribution < 1.29 is 14.3 Å². The maximum Gasteiger partial charge on any atom is 0.336 e. The third-order valence-corrected chi connectivity index (χ3v) is 5.82. The van der Waals surface area contributed by atoms with Gasteiger partial charge in [-0.25, -0.2) is 9.79 Å². The van der Waals surface area contributed by atoms with Crippen molar-refractivity contribution in [3.05, 3.63) is 63.7 Å². The molecular weight excluding hydrogens is 374 g/mol. The lowest BCUT2D eigenvalue weighted by Gasteiger charge is -2.21. The first kappa shape index (κ1) is 18.2. The molecule has 0 bridgehead atoms. The second kappa shape index (κ2) is 7.43. The van der Waals surface area contributed by atoms with Gasteiger partial charge in [0, 0.05) is 23.5 Å². The van der Waals surface area contributed by atoms with Gasteiger partial charge in [0.05, 0.1) is 17.3 Å². The fourth-order valence-electron chi connectivity index (χ4n) is 3.30. The van der Waals surface area contributed by atoms with Crippen LogP contribution in [0.25, 0.3) is 11.3 Å². The number of carboxylic acid groups (broad SMARTS) is 1. The van der Waals surface area contributed by atoms with Gasteiger partial charge < -0.3 is 14.4 Å². The van der Waals surface area contributed by atoms with E-state index in [4.69, 9.17) is 4.42 Å². The SMILES string of the molecule is CN1CCc2c(sc(N=Cc3ccc(-c4ccccc4C(=O)O)o3)c2C#N)C1. The molecule has 3 aromatic rings. The monoisotopic (exact) mass is 391 g/mol. The lowest BCUT2D eigenvalue weighted by Crippen LogP contribution is -2.25. The van der Waals surface area contributed by atoms with Gasteiger partial charge in [0.2, 0.25) is 0 Å². The molecule has 140 valence electrons. The first-order valence-corrected chi connectivity index (χ1v) is 9.58. The Kier molecular flexibility index (Phi) is 4.82. The quantitative estimate of drug-likeness (QED) is 0.669. The number of nitriles is 1. The van der Waals surface area contributed by atoms with E-state index in [-0.39, 0.29) is 5.56 Å². The van der Waals surface area contributed by atoms with Gasteiger partial charge in [0.25, 0.3) is 0 Å². The molecule has 0 saturated carbocycles. The van der Waals surface area contributed by atoms with Gasteiger partial charge in [-0.05, 0) is 37.2 Å². The molecule has 1 N–H and O–H groups in total. The number of nitrogens with zero attached hydrogens (tertiary/aromatic N) is 3. The Morgan fingerprint density at radius 3 is 2.96 bits per heavy atom. The van der Waals surface area contributed by atoms with Crippen molar-refractivity contribution in [2.75, 3.05) is 13.6 Å². The zero-order valence-electron chi connectivity index (χ0n) is 15.2. The summed E-state index contributed by atoms with van der Waals surface area (Å²) in [6.45, 7) is 1.77. The predicted molar refractivity (Wildman–Crippen MR) is 107 cm³/mol. The third-order valence-electron chi connectivity index (χ3n) is 4.70. The number of benzene rings is 1. The topological polar surface area (TPSA) is 89.8 Å². The highest BCUT2D eigenvalue weighted by Crippen LogP contribution is 2.38. The van der Waals surface area contributed by atoms with E-state index < -0.39 is 5.97 Å². The van der Waals surface area contributed by atoms with Crippen LogP contribution in [0, 0.1) is 11.3 Å². The average Bonchev–Trinajstić information content (AvgIpc) is 3.29. The second-order valence-electron chi connectivity index (χ2n) is 6.59. The highest BCUT2D eigenvalue weighted by atomic mass is 32.1. The van der Waals surface area contributed by atoms with Gasteiger partial charge in [0.1, 0.15) is 22.6 Å². The minimum atomic E-state index is -1.00. The number of hydrogen-bond donors (Lipinski definition) is 1. The third kappa shape index (κ3) is 3.36. The van der Waals surface area contributed by atoms with Gasteiger partial charge in [-0.3, -0.25) is 0 Å². The number of thiophene rings is 1. The molecule has 0 fully saturated rings. The highest BCUT2D eigenvalue weighted by molar-refractivity contribution is 7.16. The summed E-state index contributed by atoms with van der Waals surface area (Å²) in [4.78, 5) is 19.3. The molecule has 28 heavy (non-hydrogen) atoms. The van der Waals surface area contributed by atoms with Crippen molar-refractivity contribution in [1.29, 1.82) is 5.26 Å². The zero-order chi connectivity index (χ0) is 19.7. The summed E-state index contributed by atoms with van der Waals surface area (Å²) in [5.74, 6) is -0.0374. The fourth-order valence-corrected chi connectivity index (χ4v) is 4.52. The molecule has 1 aliphatic heterocycles. The fraction of sp³-hybridized carbons (Fsp3) is 0.190. The minimum Gasteiger partial charge on any atom is -0.478 e. The molecule has 0 spiro atoms. The van der Waals surface area contributed by atoms with Crippen LogP contribution in [0.1, 0.15) is 32.1 Å². The Labute approximate surface area is 166 Å². The summed E-state index contributed by atoms with van der Waals surface area (Å²) in [5.41, 5.74) is 2.45. The van der Waals surface area contributed by atoms with Crippen LogP contribution in [0.3, 0.4) is 0 Å². The van der Waals surface area contributed by atoms with Crippen molar-refractivity contribution >= 4 is 28.5 Å². The van der Waals surface area contributed by atoms with Gasteiger partial charge in [0.15, 0.2) is 0 Å². The Bertz CT molecular complexity index is 1120. The number of aliphatic imine (C=N–C) groups is 1. The summed E-state index contributed by atoms with van der Waals surface area (Å²) in [6.07, 6.45) is 2.44. The van der Waals surface area contributed by atoms with Gasteiger partial charge in [-0.1, -0.05) is 18.2 Å². The van der Waals surface area contributed by atoms with Crippen molar-refractivity contribution in [3.8, 4) is 17.4 Å². The number of rotatable bonds is 4. The normalized spacial score (nSPS) is 14.1. The Balaban J connectivity index is 1.63. The molecule has 3 heterocycles. The maximum atomic E-state index is 11.4. The summed E-state index contributed by atoms with van der Waals surface area (Å²) in [6, 6.07) is 12.5. The van der Waals surface area contributed by atoms with Crippen LogP contribution in [0.2, 0.25) is 0 Å². The van der Waals surface area contributed by atoms with E-state index in [1.165, 1.54) is 16.2 Å². The lowest BCUT2D eigenvalue weighted by atomic mass is 10.0. The van der Waals surface area contributed by atoms with E-state index in [9.17, 15) is 15.2 Å². The van der Waals surface area contributed by atoms with Gasteiger partial charge in [-0.2, -0.15) is 5.26 Å². The van der Waals surface area contributed by atoms with Crippen LogP contribution >= 0.6 is 11.3 Å². The van der Waals surface area contributed by atoms with E-state index >= 15 is 0 Å². The van der Waals surface area contributed by atoms with Crippen LogP contribution in [0.15, 0.2) is 45.8 Å². The van der Waals surface area contributed by atoms with E-state index in [0.29, 0.717) is 27.6 Å². The first-order valence-electron chi connectivity index (χ1n) is 8.76. The lowest BCUT2D eigenvalue weighted by molar-refractivity contribution is 0.0697. The van der Waals surface area contributed by atoms with Crippen LogP contribution in [0.5, 0.6) is 0 Å². The van der Waals surface area contributed by atoms with Gasteiger partial charge >= 0.3 is 5.97 Å². The molecule has 1 aromatic carbocycles. The Morgan fingerprint density at radius 1 is 1.36 bits per heavy atom. The Morgan fingerprint density at radius 2 is 2.18 bits per heavy atom. The van der Waals surface area contributed by atoms with Crippen LogP contribution in [-0.4, -0.2) is 35.8 Å². The van der Waals surface area contributed by atoms with E-state index in [2.05, 4.69) is 23.0 Å². The van der Waals surface area contributed by atoms with Crippen molar-refractivity contribution in [1.82, 2.24) is 4.90 Å². The Hall–Kier alpha value is -3.21. The van der Waals surface area contributed by atoms with Crippen LogP contribution in [-0.2, 0) is 13.0 Å². The summed E-state index contributed by atoms with van der Waals surface area (Å²) < 4.78 is 5.78. The van der Waals surface area contributed by atoms with Crippen molar-refractivity contribution in [2.45, 2.75) is 13.0 Å². The number of carbonyl (C=O) groups is 1. The number of fused-ring (bicyclic) bond motifs is 1. The van der Waals surface area contributed by atoms with E-state index in [0.717, 1.165) is 25.1 Å². The maximum absolute atomic E-state index is 11.4. The highest BCUT2D eigenvalue weighted by Gasteiger charge is 2.22. The first-order chi connectivity index (χ1) is 13.6. The molecule has 4 rings (SSSR count). The van der Waals surface area contributed by atoms with Crippen molar-refractivity contribution in [3.63, 3.8) is 0 Å².